The molecule has 1 aliphatic heterocycles. The van der Waals surface area contributed by atoms with Crippen molar-refractivity contribution in [1.29, 1.82) is 0 Å². The van der Waals surface area contributed by atoms with Gasteiger partial charge in [0.05, 0.1) is 13.2 Å². The molecule has 0 amide bonds. The van der Waals surface area contributed by atoms with E-state index in [4.69, 9.17) is 9.84 Å². The van der Waals surface area contributed by atoms with E-state index < -0.39 is 0 Å². The van der Waals surface area contributed by atoms with Gasteiger partial charge >= 0.3 is 0 Å². The van der Waals surface area contributed by atoms with Gasteiger partial charge in [-0.25, -0.2) is 0 Å². The molecule has 2 rings (SSSR count). The van der Waals surface area contributed by atoms with Crippen LogP contribution >= 0.6 is 0 Å². The fourth-order valence-electron chi connectivity index (χ4n) is 1.32. The monoisotopic (exact) mass is 164 g/mol. The number of benzene rings is 1. The lowest BCUT2D eigenvalue weighted by atomic mass is 10.0. The lowest BCUT2D eigenvalue weighted by molar-refractivity contribution is 0.171. The Morgan fingerprint density at radius 2 is 2.00 bits per heavy atom. The van der Waals surface area contributed by atoms with Crippen LogP contribution in [0.2, 0.25) is 0 Å². The second-order valence-corrected chi connectivity index (χ2v) is 3.29. The van der Waals surface area contributed by atoms with Gasteiger partial charge < -0.3 is 9.84 Å². The number of ether oxygens (including phenoxy) is 1. The van der Waals surface area contributed by atoms with E-state index in [-0.39, 0.29) is 12.2 Å². The van der Waals surface area contributed by atoms with Crippen LogP contribution in [0.3, 0.4) is 0 Å². The summed E-state index contributed by atoms with van der Waals surface area (Å²) in [5.74, 6) is 0. The molecule has 1 aliphatic rings. The summed E-state index contributed by atoms with van der Waals surface area (Å²) in [5, 5.41) is 8.99. The van der Waals surface area contributed by atoms with Crippen molar-refractivity contribution in [3.8, 4) is 0 Å². The van der Waals surface area contributed by atoms with Gasteiger partial charge in [-0.1, -0.05) is 30.3 Å². The largest absolute Gasteiger partial charge is 0.393 e. The molecule has 0 spiro atoms. The topological polar surface area (TPSA) is 32.8 Å². The molecule has 64 valence electrons. The molecule has 0 saturated carbocycles. The highest BCUT2D eigenvalue weighted by Crippen LogP contribution is 2.30. The third kappa shape index (κ3) is 1.49. The van der Waals surface area contributed by atoms with Crippen molar-refractivity contribution >= 4 is 0 Å². The molecule has 1 heterocycles. The Morgan fingerprint density at radius 1 is 1.33 bits per heavy atom. The van der Waals surface area contributed by atoms with E-state index in [0.717, 1.165) is 6.42 Å². The van der Waals surface area contributed by atoms with Crippen LogP contribution < -0.4 is 0 Å². The van der Waals surface area contributed by atoms with Crippen LogP contribution in [-0.2, 0) is 11.2 Å². The number of aliphatic hydroxyl groups excluding tert-OH is 1. The molecule has 1 fully saturated rings. The summed E-state index contributed by atoms with van der Waals surface area (Å²) in [5.41, 5.74) is 0.977. The maximum Gasteiger partial charge on any atom is 0.118 e. The summed E-state index contributed by atoms with van der Waals surface area (Å²) in [7, 11) is 0. The van der Waals surface area contributed by atoms with E-state index >= 15 is 0 Å². The van der Waals surface area contributed by atoms with Gasteiger partial charge in [-0.05, 0) is 5.56 Å². The van der Waals surface area contributed by atoms with Gasteiger partial charge in [-0.15, -0.1) is 0 Å². The van der Waals surface area contributed by atoms with Gasteiger partial charge in [0.25, 0.3) is 0 Å². The molecule has 0 radical (unpaired) electrons. The van der Waals surface area contributed by atoms with Gasteiger partial charge in [0, 0.05) is 6.42 Å². The van der Waals surface area contributed by atoms with Crippen molar-refractivity contribution in [3.05, 3.63) is 35.9 Å². The van der Waals surface area contributed by atoms with Crippen molar-refractivity contribution in [3.63, 3.8) is 0 Å². The molecule has 0 unspecified atom stereocenters. The highest BCUT2D eigenvalue weighted by molar-refractivity contribution is 5.19. The fraction of sp³-hybridized carbons (Fsp3) is 0.400. The second kappa shape index (κ2) is 2.88. The molecule has 2 nitrogen and oxygen atoms in total. The summed E-state index contributed by atoms with van der Waals surface area (Å²) in [6.07, 6.45) is 0.824. The van der Waals surface area contributed by atoms with Crippen LogP contribution in [0.15, 0.2) is 30.3 Å². The number of aliphatic hydroxyl groups is 1. The fourth-order valence-corrected chi connectivity index (χ4v) is 1.32. The minimum atomic E-state index is -0.249. The maximum absolute atomic E-state index is 8.99. The van der Waals surface area contributed by atoms with E-state index in [2.05, 4.69) is 12.1 Å². The summed E-state index contributed by atoms with van der Waals surface area (Å²) in [4.78, 5) is 0. The zero-order valence-corrected chi connectivity index (χ0v) is 6.86. The van der Waals surface area contributed by atoms with E-state index in [9.17, 15) is 0 Å². The minimum absolute atomic E-state index is 0.127. The Kier molecular flexibility index (Phi) is 1.87. The molecule has 12 heavy (non-hydrogen) atoms. The second-order valence-electron chi connectivity index (χ2n) is 3.29. The molecule has 1 N–H and O–H groups in total. The molecule has 1 aromatic carbocycles. The molecule has 2 heteroatoms. The van der Waals surface area contributed by atoms with Gasteiger partial charge in [0.1, 0.15) is 5.60 Å². The number of hydrogen-bond donors (Lipinski definition) is 1. The van der Waals surface area contributed by atoms with Crippen molar-refractivity contribution < 1.29 is 9.84 Å². The third-order valence-corrected chi connectivity index (χ3v) is 2.21. The standard InChI is InChI=1S/C10H12O2/c11-7-10(8-12-10)6-9-4-2-1-3-5-9/h1-5,11H,6-8H2/t10-/m1/s1. The third-order valence-electron chi connectivity index (χ3n) is 2.21. The van der Waals surface area contributed by atoms with Crippen LogP contribution in [0, 0.1) is 0 Å². The van der Waals surface area contributed by atoms with Crippen molar-refractivity contribution in [1.82, 2.24) is 0 Å². The number of rotatable bonds is 3. The van der Waals surface area contributed by atoms with Crippen LogP contribution in [0.5, 0.6) is 0 Å². The first-order valence-corrected chi connectivity index (χ1v) is 4.13. The first-order chi connectivity index (χ1) is 5.85. The smallest absolute Gasteiger partial charge is 0.118 e. The van der Waals surface area contributed by atoms with Crippen LogP contribution in [0.25, 0.3) is 0 Å². The van der Waals surface area contributed by atoms with Crippen LogP contribution in [-0.4, -0.2) is 23.9 Å². The Balaban J connectivity index is 2.04. The highest BCUT2D eigenvalue weighted by Gasteiger charge is 2.43. The van der Waals surface area contributed by atoms with Gasteiger partial charge in [-0.2, -0.15) is 0 Å². The molecular weight excluding hydrogens is 152 g/mol. The molecular formula is C10H12O2. The Bertz CT molecular complexity index is 252. The van der Waals surface area contributed by atoms with Crippen molar-refractivity contribution in [2.45, 2.75) is 12.0 Å². The maximum atomic E-state index is 8.99. The minimum Gasteiger partial charge on any atom is -0.393 e. The normalized spacial score (nSPS) is 27.1. The molecule has 0 aromatic heterocycles. The SMILES string of the molecule is OC[C@]1(Cc2ccccc2)CO1. The van der Waals surface area contributed by atoms with Gasteiger partial charge in [-0.3, -0.25) is 0 Å². The van der Waals surface area contributed by atoms with Crippen molar-refractivity contribution in [2.75, 3.05) is 13.2 Å². The number of epoxide rings is 1. The highest BCUT2D eigenvalue weighted by atomic mass is 16.6. The van der Waals surface area contributed by atoms with E-state index in [1.807, 2.05) is 18.2 Å². The van der Waals surface area contributed by atoms with E-state index in [1.165, 1.54) is 5.56 Å². The average Bonchev–Trinajstić information content (AvgIpc) is 2.88. The molecule has 1 aromatic rings. The quantitative estimate of drug-likeness (QED) is 0.676. The summed E-state index contributed by atoms with van der Waals surface area (Å²) in [6.45, 7) is 0.820. The van der Waals surface area contributed by atoms with Gasteiger partial charge in [0.15, 0.2) is 0 Å². The first kappa shape index (κ1) is 7.77. The number of hydrogen-bond acceptors (Lipinski definition) is 2. The average molecular weight is 164 g/mol. The Hall–Kier alpha value is -0.860. The Morgan fingerprint density at radius 3 is 2.50 bits per heavy atom. The molecule has 0 aliphatic carbocycles. The lowest BCUT2D eigenvalue weighted by Crippen LogP contribution is -2.19. The van der Waals surface area contributed by atoms with Crippen LogP contribution in [0.4, 0.5) is 0 Å². The summed E-state index contributed by atoms with van der Waals surface area (Å²) < 4.78 is 5.20. The molecule has 1 saturated heterocycles. The van der Waals surface area contributed by atoms with E-state index in [0.29, 0.717) is 6.61 Å². The van der Waals surface area contributed by atoms with E-state index in [1.54, 1.807) is 0 Å². The first-order valence-electron chi connectivity index (χ1n) is 4.13. The lowest BCUT2D eigenvalue weighted by Gasteiger charge is -2.06. The predicted octanol–water partition coefficient (Wildman–Crippen LogP) is 0.990. The molecule has 1 atom stereocenters. The van der Waals surface area contributed by atoms with Crippen molar-refractivity contribution in [2.24, 2.45) is 0 Å². The zero-order valence-electron chi connectivity index (χ0n) is 6.86. The van der Waals surface area contributed by atoms with Gasteiger partial charge in [0.2, 0.25) is 0 Å². The summed E-state index contributed by atoms with van der Waals surface area (Å²) >= 11 is 0. The summed E-state index contributed by atoms with van der Waals surface area (Å²) in [6, 6.07) is 10.1. The molecule has 0 bridgehead atoms. The Labute approximate surface area is 71.8 Å². The zero-order chi connectivity index (χ0) is 8.44. The van der Waals surface area contributed by atoms with Crippen LogP contribution in [0.1, 0.15) is 5.56 Å². The predicted molar refractivity (Wildman–Crippen MR) is 45.9 cm³/mol.